The van der Waals surface area contributed by atoms with Crippen LogP contribution in [0.15, 0.2) is 12.1 Å². The van der Waals surface area contributed by atoms with Crippen LogP contribution in [0.25, 0.3) is 0 Å². The van der Waals surface area contributed by atoms with Crippen molar-refractivity contribution >= 4 is 12.9 Å². The first-order valence-electron chi connectivity index (χ1n) is 4.44. The smallest absolute Gasteiger partial charge is 0.344 e. The van der Waals surface area contributed by atoms with E-state index in [1.54, 1.807) is 0 Å². The Morgan fingerprint density at radius 1 is 1.11 bits per heavy atom. The zero-order chi connectivity index (χ0) is 14.0. The van der Waals surface area contributed by atoms with Crippen LogP contribution in [-0.2, 0) is 25.9 Å². The van der Waals surface area contributed by atoms with Gasteiger partial charge in [-0.2, -0.15) is 0 Å². The molecule has 0 amide bonds. The number of nitrogens with two attached hydrogens (primary N) is 1. The highest BCUT2D eigenvalue weighted by Crippen LogP contribution is 2.36. The first-order valence-corrected chi connectivity index (χ1v) is 4.44. The van der Waals surface area contributed by atoms with Crippen molar-refractivity contribution in [3.8, 4) is 17.2 Å². The Morgan fingerprint density at radius 3 is 2.11 bits per heavy atom. The number of carbonyl (C=O) groups is 2. The van der Waals surface area contributed by atoms with Crippen molar-refractivity contribution in [2.45, 2.75) is 6.54 Å². The van der Waals surface area contributed by atoms with E-state index in [9.17, 15) is 5.11 Å². The number of nitrogens with one attached hydrogen (secondary N) is 1. The van der Waals surface area contributed by atoms with Crippen LogP contribution in [0.1, 0.15) is 5.56 Å². The molecular weight excluding hydrogens is 250 g/mol. The largest absolute Gasteiger partial charge is 0.504 e. The molecule has 0 spiro atoms. The van der Waals surface area contributed by atoms with Gasteiger partial charge < -0.3 is 15.3 Å². The van der Waals surface area contributed by atoms with Crippen molar-refractivity contribution in [2.24, 2.45) is 5.84 Å². The van der Waals surface area contributed by atoms with Gasteiger partial charge in [0.25, 0.3) is 0 Å². The lowest BCUT2D eigenvalue weighted by molar-refractivity contribution is -0.235. The molecule has 0 aliphatic carbocycles. The maximum atomic E-state index is 9.20. The number of hydrogen-bond acceptors (Lipinski definition) is 9. The summed E-state index contributed by atoms with van der Waals surface area (Å²) in [5.41, 5.74) is 2.74. The molecule has 1 aromatic carbocycles. The molecule has 0 aromatic heterocycles. The van der Waals surface area contributed by atoms with Crippen molar-refractivity contribution in [1.29, 1.82) is 0 Å². The van der Waals surface area contributed by atoms with Crippen LogP contribution in [0.3, 0.4) is 0 Å². The maximum absolute atomic E-state index is 9.20. The standard InChI is InChI=1S/C7H10N2O3.C2H2O4/c8-9-3-4-1-2-5(10)7(12)6(4)11;3-1-5-6-2-4/h1-2,9-12H,3,8H2;1-2H/i8+1,9+1;. The van der Waals surface area contributed by atoms with Crippen LogP contribution >= 0.6 is 0 Å². The van der Waals surface area contributed by atoms with Gasteiger partial charge in [0, 0.05) is 12.1 Å². The third-order valence-electron chi connectivity index (χ3n) is 1.64. The molecule has 0 fully saturated rings. The molecule has 6 N–H and O–H groups in total. The van der Waals surface area contributed by atoms with E-state index in [0.29, 0.717) is 5.56 Å². The van der Waals surface area contributed by atoms with Crippen LogP contribution < -0.4 is 11.3 Å². The predicted molar refractivity (Wildman–Crippen MR) is 56.8 cm³/mol. The van der Waals surface area contributed by atoms with Gasteiger partial charge in [0.2, 0.25) is 5.75 Å². The average Bonchev–Trinajstić information content (AvgIpc) is 2.38. The summed E-state index contributed by atoms with van der Waals surface area (Å²) in [6.45, 7) is 0.239. The second-order valence-corrected chi connectivity index (χ2v) is 2.71. The summed E-state index contributed by atoms with van der Waals surface area (Å²) in [7, 11) is 0. The number of phenolic OH excluding ortho intramolecular Hbond substituents is 3. The van der Waals surface area contributed by atoms with Gasteiger partial charge in [-0.25, -0.2) is 0 Å². The van der Waals surface area contributed by atoms with Gasteiger partial charge in [0.1, 0.15) is 0 Å². The van der Waals surface area contributed by atoms with E-state index >= 15 is 0 Å². The molecule has 0 aliphatic rings. The van der Waals surface area contributed by atoms with Gasteiger partial charge in [-0.3, -0.25) is 30.6 Å². The molecule has 0 aliphatic heterocycles. The van der Waals surface area contributed by atoms with Gasteiger partial charge in [-0.1, -0.05) is 6.07 Å². The van der Waals surface area contributed by atoms with Crippen LogP contribution in [0.4, 0.5) is 0 Å². The molecule has 1 rings (SSSR count). The Balaban J connectivity index is 0.000000411. The summed E-state index contributed by atoms with van der Waals surface area (Å²) >= 11 is 0. The van der Waals surface area contributed by atoms with Crippen molar-refractivity contribution < 1.29 is 34.7 Å². The Kier molecular flexibility index (Phi) is 7.41. The van der Waals surface area contributed by atoms with Crippen LogP contribution in [0, 0.1) is 0 Å². The van der Waals surface area contributed by atoms with Gasteiger partial charge >= 0.3 is 12.9 Å². The molecular formula is C9H12N2O7. The lowest BCUT2D eigenvalue weighted by atomic mass is 10.2. The Bertz CT molecular complexity index is 389. The Hall–Kier alpha value is -2.52. The fourth-order valence-corrected chi connectivity index (χ4v) is 0.909. The molecule has 0 saturated heterocycles. The molecule has 0 saturated carbocycles. The SMILES string of the molecule is O=COOC=O.[15NH2][15NH]Cc1ccc(O)c(O)c1O. The lowest BCUT2D eigenvalue weighted by Gasteiger charge is -2.05. The van der Waals surface area contributed by atoms with Crippen LogP contribution in [-0.4, -0.2) is 28.3 Å². The molecule has 9 heteroatoms. The van der Waals surface area contributed by atoms with Crippen molar-refractivity contribution in [3.63, 3.8) is 0 Å². The van der Waals surface area contributed by atoms with Crippen molar-refractivity contribution in [3.05, 3.63) is 17.7 Å². The molecule has 0 bridgehead atoms. The van der Waals surface area contributed by atoms with Crippen LogP contribution in [0.5, 0.6) is 17.2 Å². The number of phenols is 3. The fourth-order valence-electron chi connectivity index (χ4n) is 0.909. The minimum Gasteiger partial charge on any atom is -0.504 e. The van der Waals surface area contributed by atoms with E-state index in [2.05, 4.69) is 15.2 Å². The molecule has 100 valence electrons. The number of hydrogen-bond donors (Lipinski definition) is 5. The summed E-state index contributed by atoms with van der Waals surface area (Å²) < 4.78 is 0. The molecule has 1 aromatic rings. The number of rotatable bonds is 5. The van der Waals surface area contributed by atoms with E-state index in [4.69, 9.17) is 25.6 Å². The molecule has 18 heavy (non-hydrogen) atoms. The minimum atomic E-state index is -0.525. The van der Waals surface area contributed by atoms with Gasteiger partial charge in [0.05, 0.1) is 0 Å². The lowest BCUT2D eigenvalue weighted by Crippen LogP contribution is -2.20. The second-order valence-electron chi connectivity index (χ2n) is 2.71. The summed E-state index contributed by atoms with van der Waals surface area (Å²) in [6, 6.07) is 2.74. The van der Waals surface area contributed by atoms with Gasteiger partial charge in [-0.15, -0.1) is 0 Å². The monoisotopic (exact) mass is 262 g/mol. The number of benzene rings is 1. The third-order valence-corrected chi connectivity index (χ3v) is 1.64. The highest BCUT2D eigenvalue weighted by molar-refractivity contribution is 5.52. The van der Waals surface area contributed by atoms with E-state index in [1.807, 2.05) is 0 Å². The van der Waals surface area contributed by atoms with Crippen molar-refractivity contribution in [1.82, 2.24) is 5.43 Å². The molecule has 0 unspecified atom stereocenters. The predicted octanol–water partition coefficient (Wildman–Crippen LogP) is -0.986. The number of hydrazine groups is 1. The van der Waals surface area contributed by atoms with E-state index in [1.165, 1.54) is 12.1 Å². The fraction of sp³-hybridized carbons (Fsp3) is 0.111. The summed E-state index contributed by atoms with van der Waals surface area (Å²) in [4.78, 5) is 25.0. The Labute approximate surface area is 101 Å². The number of carbonyl (C=O) groups excluding carboxylic acids is 2. The van der Waals surface area contributed by atoms with E-state index in [-0.39, 0.29) is 31.0 Å². The molecule has 0 radical (unpaired) electrons. The summed E-state index contributed by atoms with van der Waals surface area (Å²) in [5.74, 6) is 3.78. The summed E-state index contributed by atoms with van der Waals surface area (Å²) in [6.07, 6.45) is 0. The normalized spacial score (nSPS) is 8.72. The van der Waals surface area contributed by atoms with E-state index < -0.39 is 5.75 Å². The quantitative estimate of drug-likeness (QED) is 0.0856. The second kappa shape index (κ2) is 8.61. The molecule has 0 atom stereocenters. The molecule has 0 heterocycles. The molecule has 9 nitrogen and oxygen atoms in total. The zero-order valence-electron chi connectivity index (χ0n) is 9.07. The average molecular weight is 262 g/mol. The zero-order valence-corrected chi connectivity index (χ0v) is 9.07. The highest BCUT2D eigenvalue weighted by atomic mass is 17.2. The first-order chi connectivity index (χ1) is 8.58. The maximum Gasteiger partial charge on any atom is 0.344 e. The van der Waals surface area contributed by atoms with Gasteiger partial charge in [0.15, 0.2) is 11.5 Å². The van der Waals surface area contributed by atoms with E-state index in [0.717, 1.165) is 0 Å². The van der Waals surface area contributed by atoms with Crippen LogP contribution in [0.2, 0.25) is 0 Å². The highest BCUT2D eigenvalue weighted by Gasteiger charge is 2.09. The third kappa shape index (κ3) is 5.01. The van der Waals surface area contributed by atoms with Gasteiger partial charge in [-0.05, 0) is 6.07 Å². The summed E-state index contributed by atoms with van der Waals surface area (Å²) in [5, 5.41) is 27.2. The number of aromatic hydroxyl groups is 3. The minimum absolute atomic E-state index is 0.00833. The Morgan fingerprint density at radius 2 is 1.67 bits per heavy atom. The topological polar surface area (TPSA) is 151 Å². The first kappa shape index (κ1) is 15.5. The van der Waals surface area contributed by atoms with Crippen molar-refractivity contribution in [2.75, 3.05) is 0 Å².